The van der Waals surface area contributed by atoms with Gasteiger partial charge in [0, 0.05) is 6.54 Å². The Morgan fingerprint density at radius 2 is 1.87 bits per heavy atom. The SMILES string of the molecule is CC(CN)CN1C(=O)C2CCCC2C1=O. The molecule has 0 spiro atoms. The third-order valence-electron chi connectivity index (χ3n) is 3.58. The quantitative estimate of drug-likeness (QED) is 0.684. The number of likely N-dealkylation sites (tertiary alicyclic amines) is 1. The lowest BCUT2D eigenvalue weighted by molar-refractivity contribution is -0.140. The third-order valence-corrected chi connectivity index (χ3v) is 3.58. The Morgan fingerprint density at radius 3 is 2.33 bits per heavy atom. The van der Waals surface area contributed by atoms with Crippen molar-refractivity contribution >= 4 is 11.8 Å². The van der Waals surface area contributed by atoms with Crippen LogP contribution in [0.3, 0.4) is 0 Å². The van der Waals surface area contributed by atoms with Gasteiger partial charge in [-0.05, 0) is 25.3 Å². The Balaban J connectivity index is 2.08. The maximum absolute atomic E-state index is 11.9. The van der Waals surface area contributed by atoms with Gasteiger partial charge >= 0.3 is 0 Å². The fourth-order valence-corrected chi connectivity index (χ4v) is 2.63. The molecule has 84 valence electrons. The van der Waals surface area contributed by atoms with Crippen molar-refractivity contribution < 1.29 is 9.59 Å². The summed E-state index contributed by atoms with van der Waals surface area (Å²) < 4.78 is 0. The zero-order chi connectivity index (χ0) is 11.0. The first kappa shape index (κ1) is 10.6. The molecule has 2 N–H and O–H groups in total. The summed E-state index contributed by atoms with van der Waals surface area (Å²) in [6.07, 6.45) is 2.80. The molecule has 0 bridgehead atoms. The maximum atomic E-state index is 11.9. The zero-order valence-corrected chi connectivity index (χ0v) is 9.11. The first-order valence-corrected chi connectivity index (χ1v) is 5.70. The standard InChI is InChI=1S/C11H18N2O2/c1-7(5-12)6-13-10(14)8-3-2-4-9(8)11(13)15/h7-9H,2-6,12H2,1H3. The molecule has 2 fully saturated rings. The number of amides is 2. The van der Waals surface area contributed by atoms with Gasteiger partial charge in [0.15, 0.2) is 0 Å². The van der Waals surface area contributed by atoms with Gasteiger partial charge in [0.25, 0.3) is 0 Å². The van der Waals surface area contributed by atoms with Crippen molar-refractivity contribution in [2.75, 3.05) is 13.1 Å². The molecule has 1 aliphatic carbocycles. The highest BCUT2D eigenvalue weighted by atomic mass is 16.2. The van der Waals surface area contributed by atoms with E-state index in [4.69, 9.17) is 5.73 Å². The Labute approximate surface area is 89.8 Å². The summed E-state index contributed by atoms with van der Waals surface area (Å²) >= 11 is 0. The number of imide groups is 1. The van der Waals surface area contributed by atoms with Gasteiger partial charge in [-0.25, -0.2) is 0 Å². The smallest absolute Gasteiger partial charge is 0.233 e. The average molecular weight is 210 g/mol. The summed E-state index contributed by atoms with van der Waals surface area (Å²) in [6, 6.07) is 0. The molecule has 4 heteroatoms. The Hall–Kier alpha value is -0.900. The van der Waals surface area contributed by atoms with Crippen molar-refractivity contribution in [3.05, 3.63) is 0 Å². The lowest BCUT2D eigenvalue weighted by atomic mass is 10.00. The van der Waals surface area contributed by atoms with Crippen LogP contribution < -0.4 is 5.73 Å². The highest BCUT2D eigenvalue weighted by molar-refractivity contribution is 6.05. The lowest BCUT2D eigenvalue weighted by Gasteiger charge is -2.19. The Bertz CT molecular complexity index is 268. The second-order valence-electron chi connectivity index (χ2n) is 4.77. The number of carbonyl (C=O) groups is 2. The minimum absolute atomic E-state index is 0.0116. The Kier molecular flexibility index (Phi) is 2.78. The highest BCUT2D eigenvalue weighted by Crippen LogP contribution is 2.39. The fraction of sp³-hybridized carbons (Fsp3) is 0.818. The van der Waals surface area contributed by atoms with Gasteiger partial charge in [-0.1, -0.05) is 13.3 Å². The predicted octanol–water partition coefficient (Wildman–Crippen LogP) is 0.366. The van der Waals surface area contributed by atoms with Crippen molar-refractivity contribution in [2.45, 2.75) is 26.2 Å². The van der Waals surface area contributed by atoms with Crippen molar-refractivity contribution in [1.82, 2.24) is 4.90 Å². The molecule has 3 atom stereocenters. The summed E-state index contributed by atoms with van der Waals surface area (Å²) in [4.78, 5) is 25.3. The van der Waals surface area contributed by atoms with Gasteiger partial charge in [-0.3, -0.25) is 14.5 Å². The second-order valence-corrected chi connectivity index (χ2v) is 4.77. The molecule has 0 aromatic carbocycles. The van der Waals surface area contributed by atoms with Gasteiger partial charge < -0.3 is 5.73 Å². The first-order chi connectivity index (χ1) is 7.15. The van der Waals surface area contributed by atoms with Crippen LogP contribution in [0.4, 0.5) is 0 Å². The van der Waals surface area contributed by atoms with E-state index in [1.54, 1.807) is 0 Å². The largest absolute Gasteiger partial charge is 0.330 e. The van der Waals surface area contributed by atoms with Crippen molar-refractivity contribution in [2.24, 2.45) is 23.5 Å². The minimum atomic E-state index is -0.0116. The molecule has 4 nitrogen and oxygen atoms in total. The van der Waals surface area contributed by atoms with E-state index in [1.165, 1.54) is 4.90 Å². The molecule has 0 radical (unpaired) electrons. The van der Waals surface area contributed by atoms with Crippen LogP contribution in [0.2, 0.25) is 0 Å². The predicted molar refractivity (Wildman–Crippen MR) is 55.8 cm³/mol. The van der Waals surface area contributed by atoms with Crippen LogP contribution in [0, 0.1) is 17.8 Å². The molecule has 2 aliphatic rings. The van der Waals surface area contributed by atoms with Crippen LogP contribution in [0.5, 0.6) is 0 Å². The van der Waals surface area contributed by atoms with E-state index in [2.05, 4.69) is 0 Å². The molecule has 0 aromatic rings. The lowest BCUT2D eigenvalue weighted by Crippen LogP contribution is -2.37. The van der Waals surface area contributed by atoms with Gasteiger partial charge in [0.1, 0.15) is 0 Å². The summed E-state index contributed by atoms with van der Waals surface area (Å²) in [5.74, 6) is 0.271. The van der Waals surface area contributed by atoms with Crippen LogP contribution in [0.25, 0.3) is 0 Å². The number of rotatable bonds is 3. The first-order valence-electron chi connectivity index (χ1n) is 5.70. The van der Waals surface area contributed by atoms with E-state index in [1.807, 2.05) is 6.92 Å². The van der Waals surface area contributed by atoms with Gasteiger partial charge in [-0.2, -0.15) is 0 Å². The van der Waals surface area contributed by atoms with Gasteiger partial charge in [0.2, 0.25) is 11.8 Å². The van der Waals surface area contributed by atoms with E-state index in [-0.39, 0.29) is 29.6 Å². The van der Waals surface area contributed by atoms with Crippen molar-refractivity contribution in [3.8, 4) is 0 Å². The normalized spacial score (nSPS) is 32.3. The summed E-state index contributed by atoms with van der Waals surface area (Å²) in [7, 11) is 0. The molecule has 1 saturated carbocycles. The molecule has 0 aromatic heterocycles. The van der Waals surface area contributed by atoms with Crippen molar-refractivity contribution in [1.29, 1.82) is 0 Å². The summed E-state index contributed by atoms with van der Waals surface area (Å²) in [6.45, 7) is 2.99. The van der Waals surface area contributed by atoms with Crippen LogP contribution in [-0.2, 0) is 9.59 Å². The average Bonchev–Trinajstić information content (AvgIpc) is 2.78. The number of nitrogens with two attached hydrogens (primary N) is 1. The summed E-state index contributed by atoms with van der Waals surface area (Å²) in [5.41, 5.74) is 5.51. The highest BCUT2D eigenvalue weighted by Gasteiger charge is 2.49. The van der Waals surface area contributed by atoms with E-state index in [0.29, 0.717) is 13.1 Å². The Morgan fingerprint density at radius 1 is 1.33 bits per heavy atom. The molecular weight excluding hydrogens is 192 g/mol. The van der Waals surface area contributed by atoms with Gasteiger partial charge in [0.05, 0.1) is 11.8 Å². The molecule has 1 heterocycles. The van der Waals surface area contributed by atoms with Gasteiger partial charge in [-0.15, -0.1) is 0 Å². The monoisotopic (exact) mass is 210 g/mol. The van der Waals surface area contributed by atoms with Crippen LogP contribution in [0.1, 0.15) is 26.2 Å². The van der Waals surface area contributed by atoms with E-state index in [0.717, 1.165) is 19.3 Å². The molecule has 1 aliphatic heterocycles. The number of hydrogen-bond acceptors (Lipinski definition) is 3. The molecular formula is C11H18N2O2. The number of hydrogen-bond donors (Lipinski definition) is 1. The van der Waals surface area contributed by atoms with E-state index >= 15 is 0 Å². The van der Waals surface area contributed by atoms with Crippen LogP contribution in [0.15, 0.2) is 0 Å². The zero-order valence-electron chi connectivity index (χ0n) is 9.11. The third kappa shape index (κ3) is 1.67. The molecule has 3 unspecified atom stereocenters. The second kappa shape index (κ2) is 3.93. The molecule has 2 rings (SSSR count). The maximum Gasteiger partial charge on any atom is 0.233 e. The number of carbonyl (C=O) groups excluding carboxylic acids is 2. The van der Waals surface area contributed by atoms with Crippen molar-refractivity contribution in [3.63, 3.8) is 0 Å². The molecule has 15 heavy (non-hydrogen) atoms. The summed E-state index contributed by atoms with van der Waals surface area (Å²) in [5, 5.41) is 0. The number of nitrogens with zero attached hydrogens (tertiary/aromatic N) is 1. The van der Waals surface area contributed by atoms with Crippen LogP contribution in [-0.4, -0.2) is 29.8 Å². The number of fused-ring (bicyclic) bond motifs is 1. The fourth-order valence-electron chi connectivity index (χ4n) is 2.63. The van der Waals surface area contributed by atoms with Crippen LogP contribution >= 0.6 is 0 Å². The molecule has 2 amide bonds. The van der Waals surface area contributed by atoms with E-state index in [9.17, 15) is 9.59 Å². The minimum Gasteiger partial charge on any atom is -0.330 e. The molecule has 1 saturated heterocycles. The van der Waals surface area contributed by atoms with E-state index < -0.39 is 0 Å². The topological polar surface area (TPSA) is 63.4 Å².